The van der Waals surface area contributed by atoms with Gasteiger partial charge in [0.25, 0.3) is 0 Å². The van der Waals surface area contributed by atoms with Crippen LogP contribution in [0.4, 0.5) is 0 Å². The maximum absolute atomic E-state index is 4.29. The zero-order chi connectivity index (χ0) is 17.8. The van der Waals surface area contributed by atoms with Crippen LogP contribution in [0.3, 0.4) is 0 Å². The number of nitrogens with one attached hydrogen (secondary N) is 2. The van der Waals surface area contributed by atoms with Crippen LogP contribution >= 0.6 is 0 Å². The molecule has 6 heteroatoms. The molecule has 4 heterocycles. The van der Waals surface area contributed by atoms with Gasteiger partial charge >= 0.3 is 0 Å². The van der Waals surface area contributed by atoms with Gasteiger partial charge in [0.2, 0.25) is 0 Å². The highest BCUT2D eigenvalue weighted by Gasteiger charge is 2.07. The molecule has 2 N–H and O–H groups in total. The van der Waals surface area contributed by atoms with E-state index in [9.17, 15) is 0 Å². The van der Waals surface area contributed by atoms with E-state index in [4.69, 9.17) is 0 Å². The third kappa shape index (κ3) is 3.84. The Morgan fingerprint density at radius 2 is 1.40 bits per heavy atom. The van der Waals surface area contributed by atoms with E-state index < -0.39 is 0 Å². The highest BCUT2D eigenvalue weighted by molar-refractivity contribution is 5.78. The van der Waals surface area contributed by atoms with Gasteiger partial charge in [-0.3, -0.25) is 0 Å². The van der Waals surface area contributed by atoms with Gasteiger partial charge in [0.05, 0.1) is 11.4 Å². The average molecular weight is 336 g/mol. The molecule has 25 heavy (non-hydrogen) atoms. The van der Waals surface area contributed by atoms with E-state index >= 15 is 0 Å². The molecule has 0 spiro atoms. The van der Waals surface area contributed by atoms with Gasteiger partial charge in [-0.1, -0.05) is 27.7 Å². The van der Waals surface area contributed by atoms with Crippen LogP contribution in [0.25, 0.3) is 22.1 Å². The Kier molecular flexibility index (Phi) is 5.07. The van der Waals surface area contributed by atoms with E-state index in [1.54, 1.807) is 12.7 Å². The molecule has 4 aromatic heterocycles. The van der Waals surface area contributed by atoms with E-state index in [2.05, 4.69) is 57.6 Å². The van der Waals surface area contributed by atoms with Crippen molar-refractivity contribution in [3.8, 4) is 0 Å². The summed E-state index contributed by atoms with van der Waals surface area (Å²) in [5.41, 5.74) is 4.11. The molecule has 130 valence electrons. The number of hydrogen-bond donors (Lipinski definition) is 2. The quantitative estimate of drug-likeness (QED) is 0.586. The molecule has 0 aliphatic rings. The zero-order valence-electron chi connectivity index (χ0n) is 15.1. The van der Waals surface area contributed by atoms with Crippen LogP contribution in [-0.4, -0.2) is 29.9 Å². The van der Waals surface area contributed by atoms with E-state index in [-0.39, 0.29) is 0 Å². The van der Waals surface area contributed by atoms with Gasteiger partial charge in [-0.05, 0) is 30.4 Å². The Bertz CT molecular complexity index is 951. The predicted molar refractivity (Wildman–Crippen MR) is 100 cm³/mol. The smallest absolute Gasteiger partial charge is 0.140 e. The Balaban J connectivity index is 0.000000146. The monoisotopic (exact) mass is 336 g/mol. The topological polar surface area (TPSA) is 83.1 Å². The lowest BCUT2D eigenvalue weighted by Gasteiger charge is -2.03. The number of H-pyrrole nitrogens is 2. The minimum atomic E-state index is 0.450. The largest absolute Gasteiger partial charge is 0.346 e. The van der Waals surface area contributed by atoms with Crippen LogP contribution in [0.2, 0.25) is 0 Å². The van der Waals surface area contributed by atoms with Gasteiger partial charge < -0.3 is 9.97 Å². The normalized spacial score (nSPS) is 11.3. The van der Waals surface area contributed by atoms with Gasteiger partial charge in [0.1, 0.15) is 23.9 Å². The van der Waals surface area contributed by atoms with Crippen molar-refractivity contribution in [2.24, 2.45) is 5.92 Å². The standard InChI is InChI=1S/C10H13N3.C9H11N3/c1-7(2)5-9-8-3-4-11-10(8)13-6-12-9;1-6(2)8-7-3-4-10-9(7)12-5-11-8/h3-4,6-7H,5H2,1-2H3,(H,11,12,13);3-6H,1-2H3,(H,10,11,12). The van der Waals surface area contributed by atoms with Crippen molar-refractivity contribution in [2.45, 2.75) is 40.0 Å². The highest BCUT2D eigenvalue weighted by Crippen LogP contribution is 2.20. The molecule has 6 nitrogen and oxygen atoms in total. The molecule has 0 unspecified atom stereocenters. The van der Waals surface area contributed by atoms with Crippen LogP contribution in [-0.2, 0) is 6.42 Å². The summed E-state index contributed by atoms with van der Waals surface area (Å²) in [5, 5.41) is 2.28. The molecule has 0 fully saturated rings. The summed E-state index contributed by atoms with van der Waals surface area (Å²) in [6.45, 7) is 8.66. The summed E-state index contributed by atoms with van der Waals surface area (Å²) in [5.74, 6) is 1.08. The molecule has 0 atom stereocenters. The molecule has 4 rings (SSSR count). The molecular formula is C19H24N6. The summed E-state index contributed by atoms with van der Waals surface area (Å²) >= 11 is 0. The van der Waals surface area contributed by atoms with Crippen LogP contribution < -0.4 is 0 Å². The second kappa shape index (κ2) is 7.42. The molecule has 4 aromatic rings. The van der Waals surface area contributed by atoms with Crippen molar-refractivity contribution in [3.05, 3.63) is 48.6 Å². The first kappa shape index (κ1) is 17.1. The number of rotatable bonds is 3. The van der Waals surface area contributed by atoms with E-state index in [0.29, 0.717) is 11.8 Å². The third-order valence-electron chi connectivity index (χ3n) is 3.97. The number of fused-ring (bicyclic) bond motifs is 2. The van der Waals surface area contributed by atoms with Gasteiger partial charge in [-0.15, -0.1) is 0 Å². The number of aromatic amines is 2. The Hall–Kier alpha value is -2.76. The molecule has 0 aliphatic heterocycles. The lowest BCUT2D eigenvalue weighted by atomic mass is 10.1. The van der Waals surface area contributed by atoms with Crippen LogP contribution in [0.5, 0.6) is 0 Å². The summed E-state index contributed by atoms with van der Waals surface area (Å²) < 4.78 is 0. The fraction of sp³-hybridized carbons (Fsp3) is 0.368. The van der Waals surface area contributed by atoms with Crippen molar-refractivity contribution in [1.82, 2.24) is 29.9 Å². The van der Waals surface area contributed by atoms with E-state index in [0.717, 1.165) is 39.9 Å². The van der Waals surface area contributed by atoms with Crippen LogP contribution in [0.15, 0.2) is 37.2 Å². The second-order valence-corrected chi connectivity index (χ2v) is 6.81. The molecule has 0 aromatic carbocycles. The molecule has 0 amide bonds. The highest BCUT2D eigenvalue weighted by atomic mass is 14.9. The first-order valence-electron chi connectivity index (χ1n) is 8.61. The molecular weight excluding hydrogens is 312 g/mol. The Labute approximate surface area is 147 Å². The molecule has 0 aliphatic carbocycles. The van der Waals surface area contributed by atoms with Gasteiger partial charge in [-0.25, -0.2) is 19.9 Å². The number of hydrogen-bond acceptors (Lipinski definition) is 4. The summed E-state index contributed by atoms with van der Waals surface area (Å²) in [7, 11) is 0. The Morgan fingerprint density at radius 1 is 0.800 bits per heavy atom. The summed E-state index contributed by atoms with van der Waals surface area (Å²) in [6, 6.07) is 4.05. The fourth-order valence-electron chi connectivity index (χ4n) is 2.83. The molecule has 0 saturated carbocycles. The maximum atomic E-state index is 4.29. The van der Waals surface area contributed by atoms with Crippen molar-refractivity contribution in [2.75, 3.05) is 0 Å². The zero-order valence-corrected chi connectivity index (χ0v) is 15.1. The average Bonchev–Trinajstić information content (AvgIpc) is 3.23. The summed E-state index contributed by atoms with van der Waals surface area (Å²) in [6.07, 6.45) is 8.04. The van der Waals surface area contributed by atoms with E-state index in [1.807, 2.05) is 24.5 Å². The lowest BCUT2D eigenvalue weighted by Crippen LogP contribution is -1.98. The lowest BCUT2D eigenvalue weighted by molar-refractivity contribution is 0.638. The third-order valence-corrected chi connectivity index (χ3v) is 3.97. The number of nitrogens with zero attached hydrogens (tertiary/aromatic N) is 4. The fourth-order valence-corrected chi connectivity index (χ4v) is 2.83. The van der Waals surface area contributed by atoms with Crippen molar-refractivity contribution in [3.63, 3.8) is 0 Å². The number of aromatic nitrogens is 6. The maximum Gasteiger partial charge on any atom is 0.140 e. The second-order valence-electron chi connectivity index (χ2n) is 6.81. The van der Waals surface area contributed by atoms with Crippen molar-refractivity contribution >= 4 is 22.1 Å². The van der Waals surface area contributed by atoms with Gasteiger partial charge in [0.15, 0.2) is 0 Å². The minimum Gasteiger partial charge on any atom is -0.346 e. The summed E-state index contributed by atoms with van der Waals surface area (Å²) in [4.78, 5) is 22.9. The van der Waals surface area contributed by atoms with E-state index in [1.165, 1.54) is 0 Å². The van der Waals surface area contributed by atoms with Crippen LogP contribution in [0, 0.1) is 5.92 Å². The molecule has 0 radical (unpaired) electrons. The van der Waals surface area contributed by atoms with Gasteiger partial charge in [-0.2, -0.15) is 0 Å². The van der Waals surface area contributed by atoms with Crippen molar-refractivity contribution < 1.29 is 0 Å². The SMILES string of the molecule is CC(C)Cc1ncnc2[nH]ccc12.CC(C)c1ncnc2[nH]ccc12. The molecule has 0 saturated heterocycles. The van der Waals surface area contributed by atoms with Crippen LogP contribution in [0.1, 0.15) is 45.0 Å². The predicted octanol–water partition coefficient (Wildman–Crippen LogP) is 4.24. The van der Waals surface area contributed by atoms with Crippen molar-refractivity contribution in [1.29, 1.82) is 0 Å². The Morgan fingerprint density at radius 3 is 2.04 bits per heavy atom. The van der Waals surface area contributed by atoms with Gasteiger partial charge in [0, 0.05) is 23.2 Å². The minimum absolute atomic E-state index is 0.450. The first-order chi connectivity index (χ1) is 12.1. The first-order valence-corrected chi connectivity index (χ1v) is 8.61. The molecule has 0 bridgehead atoms.